The summed E-state index contributed by atoms with van der Waals surface area (Å²) in [7, 11) is 0. The molecule has 0 saturated heterocycles. The molecule has 108 valence electrons. The van der Waals surface area contributed by atoms with Crippen LogP contribution >= 0.6 is 22.6 Å². The standard InChI is InChI=1S/C17H11IN2O2/c18-14-5-1-12(2-6-14)13-3-7-15(8-4-13)22-17(21)16-11-19-9-10-20-16/h1-11H. The van der Waals surface area contributed by atoms with E-state index >= 15 is 0 Å². The summed E-state index contributed by atoms with van der Waals surface area (Å²) in [5.41, 5.74) is 2.37. The molecule has 0 spiro atoms. The summed E-state index contributed by atoms with van der Waals surface area (Å²) in [5.74, 6) is -0.0416. The maximum Gasteiger partial charge on any atom is 0.363 e. The predicted octanol–water partition coefficient (Wildman–Crippen LogP) is 3.97. The van der Waals surface area contributed by atoms with Crippen LogP contribution in [0.5, 0.6) is 5.75 Å². The SMILES string of the molecule is O=C(Oc1ccc(-c2ccc(I)cc2)cc1)c1cnccn1. The molecular formula is C17H11IN2O2. The Labute approximate surface area is 141 Å². The van der Waals surface area contributed by atoms with Crippen molar-refractivity contribution in [3.63, 3.8) is 0 Å². The monoisotopic (exact) mass is 402 g/mol. The zero-order valence-electron chi connectivity index (χ0n) is 11.4. The fraction of sp³-hybridized carbons (Fsp3) is 0. The molecule has 0 fully saturated rings. The molecule has 1 aromatic heterocycles. The Morgan fingerprint density at radius 1 is 0.909 bits per heavy atom. The molecule has 1 heterocycles. The van der Waals surface area contributed by atoms with Crippen LogP contribution in [-0.2, 0) is 0 Å². The topological polar surface area (TPSA) is 52.1 Å². The fourth-order valence-electron chi connectivity index (χ4n) is 1.92. The lowest BCUT2D eigenvalue weighted by Crippen LogP contribution is -2.10. The molecule has 5 heteroatoms. The van der Waals surface area contributed by atoms with Gasteiger partial charge in [0.2, 0.25) is 0 Å². The van der Waals surface area contributed by atoms with Gasteiger partial charge >= 0.3 is 5.97 Å². The number of carbonyl (C=O) groups excluding carboxylic acids is 1. The first kappa shape index (κ1) is 14.6. The first-order valence-electron chi connectivity index (χ1n) is 6.56. The maximum atomic E-state index is 11.9. The van der Waals surface area contributed by atoms with Crippen LogP contribution in [0.3, 0.4) is 0 Å². The Morgan fingerprint density at radius 2 is 1.55 bits per heavy atom. The van der Waals surface area contributed by atoms with Gasteiger partial charge in [-0.05, 0) is 58.0 Å². The van der Waals surface area contributed by atoms with Crippen molar-refractivity contribution < 1.29 is 9.53 Å². The summed E-state index contributed by atoms with van der Waals surface area (Å²) in [6.07, 6.45) is 4.34. The molecular weight excluding hydrogens is 391 g/mol. The van der Waals surface area contributed by atoms with E-state index in [2.05, 4.69) is 56.8 Å². The van der Waals surface area contributed by atoms with Crippen LogP contribution in [-0.4, -0.2) is 15.9 Å². The second kappa shape index (κ2) is 6.65. The molecule has 3 rings (SSSR count). The number of benzene rings is 2. The highest BCUT2D eigenvalue weighted by atomic mass is 127. The Hall–Kier alpha value is -2.28. The van der Waals surface area contributed by atoms with Crippen molar-refractivity contribution in [2.75, 3.05) is 0 Å². The number of ether oxygens (including phenoxy) is 1. The molecule has 0 radical (unpaired) electrons. The number of esters is 1. The number of hydrogen-bond acceptors (Lipinski definition) is 4. The molecule has 0 aliphatic carbocycles. The van der Waals surface area contributed by atoms with Gasteiger partial charge in [0.05, 0.1) is 6.20 Å². The third-order valence-electron chi connectivity index (χ3n) is 3.01. The average Bonchev–Trinajstić information content (AvgIpc) is 2.57. The molecule has 22 heavy (non-hydrogen) atoms. The summed E-state index contributed by atoms with van der Waals surface area (Å²) >= 11 is 2.27. The predicted molar refractivity (Wildman–Crippen MR) is 91.6 cm³/mol. The van der Waals surface area contributed by atoms with Gasteiger partial charge in [0.25, 0.3) is 0 Å². The van der Waals surface area contributed by atoms with Crippen molar-refractivity contribution in [3.8, 4) is 16.9 Å². The van der Waals surface area contributed by atoms with Gasteiger partial charge < -0.3 is 4.74 Å². The Balaban J connectivity index is 1.74. The summed E-state index contributed by atoms with van der Waals surface area (Å²) < 4.78 is 6.46. The quantitative estimate of drug-likeness (QED) is 0.378. The van der Waals surface area contributed by atoms with Crippen LogP contribution in [0, 0.1) is 3.57 Å². The number of aromatic nitrogens is 2. The molecule has 0 unspecified atom stereocenters. The first-order chi connectivity index (χ1) is 10.7. The van der Waals surface area contributed by atoms with Crippen LogP contribution in [0.1, 0.15) is 10.5 Å². The molecule has 0 bridgehead atoms. The van der Waals surface area contributed by atoms with Crippen LogP contribution in [0.4, 0.5) is 0 Å². The Kier molecular flexibility index (Phi) is 4.43. The van der Waals surface area contributed by atoms with Crippen molar-refractivity contribution in [2.24, 2.45) is 0 Å². The molecule has 0 amide bonds. The van der Waals surface area contributed by atoms with E-state index in [1.165, 1.54) is 22.2 Å². The number of nitrogens with zero attached hydrogens (tertiary/aromatic N) is 2. The van der Waals surface area contributed by atoms with Gasteiger partial charge in [-0.15, -0.1) is 0 Å². The number of rotatable bonds is 3. The van der Waals surface area contributed by atoms with Crippen molar-refractivity contribution in [2.45, 2.75) is 0 Å². The van der Waals surface area contributed by atoms with Gasteiger partial charge in [0.1, 0.15) is 5.75 Å². The summed E-state index contributed by atoms with van der Waals surface area (Å²) in [5, 5.41) is 0. The highest BCUT2D eigenvalue weighted by Crippen LogP contribution is 2.23. The van der Waals surface area contributed by atoms with E-state index in [0.29, 0.717) is 5.75 Å². The van der Waals surface area contributed by atoms with Gasteiger partial charge in [-0.25, -0.2) is 9.78 Å². The van der Waals surface area contributed by atoms with E-state index in [-0.39, 0.29) is 5.69 Å². The molecule has 0 aliphatic rings. The number of carbonyl (C=O) groups is 1. The van der Waals surface area contributed by atoms with E-state index in [1.807, 2.05) is 12.1 Å². The van der Waals surface area contributed by atoms with Gasteiger partial charge in [0, 0.05) is 16.0 Å². The van der Waals surface area contributed by atoms with Crippen molar-refractivity contribution in [1.82, 2.24) is 9.97 Å². The summed E-state index contributed by atoms with van der Waals surface area (Å²) in [6, 6.07) is 15.6. The first-order valence-corrected chi connectivity index (χ1v) is 7.64. The minimum atomic E-state index is -0.518. The second-order valence-corrected chi connectivity index (χ2v) is 5.76. The van der Waals surface area contributed by atoms with Crippen LogP contribution in [0.25, 0.3) is 11.1 Å². The highest BCUT2D eigenvalue weighted by Gasteiger charge is 2.10. The molecule has 0 atom stereocenters. The zero-order valence-corrected chi connectivity index (χ0v) is 13.6. The normalized spacial score (nSPS) is 10.2. The summed E-state index contributed by atoms with van der Waals surface area (Å²) in [4.78, 5) is 19.6. The molecule has 3 aromatic rings. The highest BCUT2D eigenvalue weighted by molar-refractivity contribution is 14.1. The third kappa shape index (κ3) is 3.48. The molecule has 2 aromatic carbocycles. The van der Waals surface area contributed by atoms with E-state index in [9.17, 15) is 4.79 Å². The average molecular weight is 402 g/mol. The largest absolute Gasteiger partial charge is 0.422 e. The minimum absolute atomic E-state index is 0.184. The maximum absolute atomic E-state index is 11.9. The molecule has 0 saturated carbocycles. The Bertz CT molecular complexity index is 772. The van der Waals surface area contributed by atoms with Crippen LogP contribution in [0.15, 0.2) is 67.1 Å². The van der Waals surface area contributed by atoms with Crippen LogP contribution < -0.4 is 4.74 Å². The smallest absolute Gasteiger partial charge is 0.363 e. The third-order valence-corrected chi connectivity index (χ3v) is 3.73. The van der Waals surface area contributed by atoms with E-state index in [4.69, 9.17) is 4.74 Å². The van der Waals surface area contributed by atoms with Crippen molar-refractivity contribution >= 4 is 28.6 Å². The molecule has 4 nitrogen and oxygen atoms in total. The minimum Gasteiger partial charge on any atom is -0.422 e. The summed E-state index contributed by atoms with van der Waals surface area (Å²) in [6.45, 7) is 0. The van der Waals surface area contributed by atoms with E-state index in [0.717, 1.165) is 11.1 Å². The second-order valence-electron chi connectivity index (χ2n) is 4.51. The lowest BCUT2D eigenvalue weighted by atomic mass is 10.1. The van der Waals surface area contributed by atoms with Crippen molar-refractivity contribution in [1.29, 1.82) is 0 Å². The Morgan fingerprint density at radius 3 is 2.14 bits per heavy atom. The van der Waals surface area contributed by atoms with E-state index < -0.39 is 5.97 Å². The van der Waals surface area contributed by atoms with Crippen molar-refractivity contribution in [3.05, 3.63) is 76.4 Å². The van der Waals surface area contributed by atoms with Gasteiger partial charge in [-0.3, -0.25) is 4.98 Å². The van der Waals surface area contributed by atoms with Crippen LogP contribution in [0.2, 0.25) is 0 Å². The van der Waals surface area contributed by atoms with Gasteiger partial charge in [0.15, 0.2) is 5.69 Å². The van der Waals surface area contributed by atoms with Gasteiger partial charge in [-0.2, -0.15) is 0 Å². The lowest BCUT2D eigenvalue weighted by Gasteiger charge is -2.05. The zero-order chi connectivity index (χ0) is 15.4. The number of halogens is 1. The molecule has 0 N–H and O–H groups in total. The van der Waals surface area contributed by atoms with E-state index in [1.54, 1.807) is 12.1 Å². The van der Waals surface area contributed by atoms with Gasteiger partial charge in [-0.1, -0.05) is 24.3 Å². The fourth-order valence-corrected chi connectivity index (χ4v) is 2.28. The lowest BCUT2D eigenvalue weighted by molar-refractivity contribution is 0.0728. The molecule has 0 aliphatic heterocycles. The number of hydrogen-bond donors (Lipinski definition) is 0.